The molecule has 0 spiro atoms. The summed E-state index contributed by atoms with van der Waals surface area (Å²) in [5.74, 6) is 0.0904. The van der Waals surface area contributed by atoms with Crippen LogP contribution in [0.3, 0.4) is 0 Å². The van der Waals surface area contributed by atoms with E-state index in [0.29, 0.717) is 25.2 Å². The first kappa shape index (κ1) is 16.4. The van der Waals surface area contributed by atoms with Crippen LogP contribution in [0.1, 0.15) is 24.4 Å². The Labute approximate surface area is 151 Å². The Bertz CT molecular complexity index is 996. The van der Waals surface area contributed by atoms with Gasteiger partial charge in [-0.1, -0.05) is 30.3 Å². The number of benzene rings is 2. The molecule has 134 valence electrons. The Hall–Kier alpha value is -3.02. The van der Waals surface area contributed by atoms with Crippen LogP contribution in [0.2, 0.25) is 0 Å². The molecule has 1 aromatic heterocycles. The monoisotopic (exact) mass is 350 g/mol. The van der Waals surface area contributed by atoms with E-state index in [1.807, 2.05) is 58.0 Å². The molecular weight excluding hydrogens is 328 g/mol. The van der Waals surface area contributed by atoms with Crippen molar-refractivity contribution in [2.45, 2.75) is 25.3 Å². The minimum atomic E-state index is -0.0759. The van der Waals surface area contributed by atoms with Crippen molar-refractivity contribution in [3.63, 3.8) is 0 Å². The molecule has 1 aliphatic heterocycles. The number of H-pyrrole nitrogens is 1. The maximum atomic E-state index is 12.6. The third-order valence-electron chi connectivity index (χ3n) is 5.20. The van der Waals surface area contributed by atoms with Crippen molar-refractivity contribution < 1.29 is 4.79 Å². The van der Waals surface area contributed by atoms with Gasteiger partial charge in [0.05, 0.1) is 17.5 Å². The summed E-state index contributed by atoms with van der Waals surface area (Å²) in [6.07, 6.45) is 1.87. The molecule has 26 heavy (non-hydrogen) atoms. The highest BCUT2D eigenvalue weighted by Crippen LogP contribution is 2.25. The van der Waals surface area contributed by atoms with Crippen molar-refractivity contribution >= 4 is 22.6 Å². The number of nitrogen functional groups attached to an aromatic ring is 1. The van der Waals surface area contributed by atoms with Crippen molar-refractivity contribution in [1.29, 1.82) is 0 Å². The molecule has 1 amide bonds. The number of nitrogens with one attached hydrogen (secondary N) is 1. The minimum absolute atomic E-state index is 0.0759. The number of nitrogens with zero attached hydrogens (tertiary/aromatic N) is 2. The molecule has 0 aliphatic carbocycles. The van der Waals surface area contributed by atoms with Crippen molar-refractivity contribution in [2.75, 3.05) is 18.8 Å². The van der Waals surface area contributed by atoms with E-state index in [4.69, 9.17) is 5.73 Å². The predicted octanol–water partition coefficient (Wildman–Crippen LogP) is 2.32. The van der Waals surface area contributed by atoms with Crippen LogP contribution < -0.4 is 11.4 Å². The van der Waals surface area contributed by atoms with Crippen LogP contribution in [0.5, 0.6) is 0 Å². The molecule has 3 aromatic rings. The van der Waals surface area contributed by atoms with E-state index in [2.05, 4.69) is 4.98 Å². The molecule has 1 saturated heterocycles. The predicted molar refractivity (Wildman–Crippen MR) is 102 cm³/mol. The molecular formula is C20H22N4O2. The van der Waals surface area contributed by atoms with Gasteiger partial charge in [-0.3, -0.25) is 9.36 Å². The Morgan fingerprint density at radius 2 is 1.77 bits per heavy atom. The summed E-state index contributed by atoms with van der Waals surface area (Å²) in [5, 5.41) is 0. The maximum absolute atomic E-state index is 12.6. The number of carbonyl (C=O) groups is 1. The normalized spacial score (nSPS) is 15.5. The number of aromatic amines is 1. The van der Waals surface area contributed by atoms with Gasteiger partial charge in [-0.05, 0) is 36.6 Å². The van der Waals surface area contributed by atoms with Crippen LogP contribution in [0.25, 0.3) is 11.0 Å². The first-order valence-electron chi connectivity index (χ1n) is 8.94. The summed E-state index contributed by atoms with van der Waals surface area (Å²) >= 11 is 0. The van der Waals surface area contributed by atoms with Gasteiger partial charge in [0.2, 0.25) is 5.91 Å². The number of nitrogens with two attached hydrogens (primary N) is 1. The fourth-order valence-electron chi connectivity index (χ4n) is 3.78. The van der Waals surface area contributed by atoms with Gasteiger partial charge < -0.3 is 15.6 Å². The Morgan fingerprint density at radius 3 is 2.54 bits per heavy atom. The second kappa shape index (κ2) is 6.71. The van der Waals surface area contributed by atoms with Gasteiger partial charge in [-0.25, -0.2) is 4.79 Å². The van der Waals surface area contributed by atoms with Gasteiger partial charge in [0.1, 0.15) is 0 Å². The number of fused-ring (bicyclic) bond motifs is 1. The Kier molecular flexibility index (Phi) is 4.24. The summed E-state index contributed by atoms with van der Waals surface area (Å²) in [5.41, 5.74) is 9.17. The molecule has 1 aliphatic rings. The number of anilines is 1. The SMILES string of the molecule is Nc1ccccc1CC(=O)N1CCC(n2c(=O)[nH]c3ccccc32)CC1. The largest absolute Gasteiger partial charge is 0.398 e. The highest BCUT2D eigenvalue weighted by Gasteiger charge is 2.26. The number of amides is 1. The maximum Gasteiger partial charge on any atom is 0.326 e. The molecule has 1 fully saturated rings. The van der Waals surface area contributed by atoms with Crippen LogP contribution in [-0.2, 0) is 11.2 Å². The number of hydrogen-bond acceptors (Lipinski definition) is 3. The molecule has 3 N–H and O–H groups in total. The average Bonchev–Trinajstić information content (AvgIpc) is 2.99. The summed E-state index contributed by atoms with van der Waals surface area (Å²) in [4.78, 5) is 29.7. The number of hydrogen-bond donors (Lipinski definition) is 2. The second-order valence-corrected chi connectivity index (χ2v) is 6.80. The van der Waals surface area contributed by atoms with Crippen LogP contribution in [0, 0.1) is 0 Å². The summed E-state index contributed by atoms with van der Waals surface area (Å²) in [6, 6.07) is 15.3. The minimum Gasteiger partial charge on any atom is -0.398 e. The molecule has 2 aromatic carbocycles. The van der Waals surface area contributed by atoms with Gasteiger partial charge in [0, 0.05) is 24.8 Å². The topological polar surface area (TPSA) is 84.1 Å². The van der Waals surface area contributed by atoms with Crippen molar-refractivity contribution in [2.24, 2.45) is 0 Å². The number of carbonyl (C=O) groups excluding carboxylic acids is 1. The molecule has 6 nitrogen and oxygen atoms in total. The standard InChI is InChI=1S/C20H22N4O2/c21-16-6-2-1-5-14(16)13-19(25)23-11-9-15(10-12-23)24-18-8-4-3-7-17(18)22-20(24)26/h1-8,15H,9-13,21H2,(H,22,26). The number of para-hydroxylation sites is 3. The number of likely N-dealkylation sites (tertiary alicyclic amines) is 1. The molecule has 0 unspecified atom stereocenters. The lowest BCUT2D eigenvalue weighted by Gasteiger charge is -2.32. The fraction of sp³-hybridized carbons (Fsp3) is 0.300. The Morgan fingerprint density at radius 1 is 1.08 bits per heavy atom. The number of aromatic nitrogens is 2. The lowest BCUT2D eigenvalue weighted by molar-refractivity contribution is -0.131. The zero-order valence-electron chi connectivity index (χ0n) is 14.5. The lowest BCUT2D eigenvalue weighted by Crippen LogP contribution is -2.41. The third-order valence-corrected chi connectivity index (χ3v) is 5.20. The number of piperidine rings is 1. The van der Waals surface area contributed by atoms with Crippen molar-refractivity contribution in [1.82, 2.24) is 14.5 Å². The molecule has 4 rings (SSSR count). The van der Waals surface area contributed by atoms with E-state index in [9.17, 15) is 9.59 Å². The number of rotatable bonds is 3. The van der Waals surface area contributed by atoms with Gasteiger partial charge in [0.25, 0.3) is 0 Å². The molecule has 0 radical (unpaired) electrons. The molecule has 0 saturated carbocycles. The van der Waals surface area contributed by atoms with Crippen molar-refractivity contribution in [3.8, 4) is 0 Å². The highest BCUT2D eigenvalue weighted by molar-refractivity contribution is 5.80. The molecule has 6 heteroatoms. The zero-order valence-corrected chi connectivity index (χ0v) is 14.5. The summed E-state index contributed by atoms with van der Waals surface area (Å²) in [6.45, 7) is 1.31. The Balaban J connectivity index is 1.45. The summed E-state index contributed by atoms with van der Waals surface area (Å²) < 4.78 is 1.84. The first-order chi connectivity index (χ1) is 12.6. The average molecular weight is 350 g/mol. The van der Waals surface area contributed by atoms with Gasteiger partial charge >= 0.3 is 5.69 Å². The van der Waals surface area contributed by atoms with Crippen LogP contribution in [-0.4, -0.2) is 33.4 Å². The number of imidazole rings is 1. The zero-order chi connectivity index (χ0) is 18.1. The van der Waals surface area contributed by atoms with E-state index < -0.39 is 0 Å². The van der Waals surface area contributed by atoms with E-state index in [0.717, 1.165) is 29.4 Å². The second-order valence-electron chi connectivity index (χ2n) is 6.80. The van der Waals surface area contributed by atoms with E-state index in [1.165, 1.54) is 0 Å². The quantitative estimate of drug-likeness (QED) is 0.711. The fourth-order valence-corrected chi connectivity index (χ4v) is 3.78. The van der Waals surface area contributed by atoms with Crippen LogP contribution >= 0.6 is 0 Å². The third kappa shape index (κ3) is 2.98. The molecule has 0 atom stereocenters. The van der Waals surface area contributed by atoms with E-state index in [1.54, 1.807) is 0 Å². The van der Waals surface area contributed by atoms with E-state index >= 15 is 0 Å². The molecule has 0 bridgehead atoms. The lowest BCUT2D eigenvalue weighted by atomic mass is 10.0. The smallest absolute Gasteiger partial charge is 0.326 e. The van der Waals surface area contributed by atoms with Crippen LogP contribution in [0.4, 0.5) is 5.69 Å². The first-order valence-corrected chi connectivity index (χ1v) is 8.94. The van der Waals surface area contributed by atoms with Gasteiger partial charge in [-0.15, -0.1) is 0 Å². The van der Waals surface area contributed by atoms with Gasteiger partial charge in [-0.2, -0.15) is 0 Å². The highest BCUT2D eigenvalue weighted by atomic mass is 16.2. The van der Waals surface area contributed by atoms with Crippen LogP contribution in [0.15, 0.2) is 53.3 Å². The molecule has 2 heterocycles. The van der Waals surface area contributed by atoms with Crippen molar-refractivity contribution in [3.05, 3.63) is 64.6 Å². The van der Waals surface area contributed by atoms with E-state index in [-0.39, 0.29) is 17.6 Å². The summed E-state index contributed by atoms with van der Waals surface area (Å²) in [7, 11) is 0. The van der Waals surface area contributed by atoms with Gasteiger partial charge in [0.15, 0.2) is 0 Å².